The number of ether oxygens (including phenoxy) is 1. The summed E-state index contributed by atoms with van der Waals surface area (Å²) in [6.45, 7) is 12.2. The Morgan fingerprint density at radius 1 is 1.28 bits per heavy atom. The van der Waals surface area contributed by atoms with Gasteiger partial charge in [0.15, 0.2) is 0 Å². The first-order valence-corrected chi connectivity index (χ1v) is 8.95. The van der Waals surface area contributed by atoms with Gasteiger partial charge in [0.25, 0.3) is 0 Å². The van der Waals surface area contributed by atoms with Crippen LogP contribution in [0.4, 0.5) is 0 Å². The zero-order valence-corrected chi connectivity index (χ0v) is 15.5. The van der Waals surface area contributed by atoms with Crippen molar-refractivity contribution >= 4 is 16.6 Å². The molecule has 25 heavy (non-hydrogen) atoms. The smallest absolute Gasteiger partial charge is 0.137 e. The molecular formula is C20H28N4O. The molecule has 0 aliphatic carbocycles. The topological polar surface area (TPSA) is 44.4 Å². The average molecular weight is 340 g/mol. The van der Waals surface area contributed by atoms with Crippen LogP contribution in [-0.2, 0) is 4.74 Å². The Balaban J connectivity index is 1.72. The average Bonchev–Trinajstić information content (AvgIpc) is 3.04. The third-order valence-electron chi connectivity index (χ3n) is 4.38. The molecule has 2 aromatic heterocycles. The molecule has 1 fully saturated rings. The number of rotatable bonds is 6. The summed E-state index contributed by atoms with van der Waals surface area (Å²) in [5, 5.41) is 1.15. The zero-order chi connectivity index (χ0) is 17.6. The lowest BCUT2D eigenvalue weighted by molar-refractivity contribution is 0.0364. The molecule has 1 N–H and O–H groups in total. The van der Waals surface area contributed by atoms with Crippen molar-refractivity contribution in [3.8, 4) is 0 Å². The van der Waals surface area contributed by atoms with Crippen LogP contribution >= 0.6 is 0 Å². The molecule has 5 heteroatoms. The molecule has 2 aromatic rings. The Hall–Kier alpha value is -2.11. The molecule has 0 amide bonds. The van der Waals surface area contributed by atoms with Crippen LogP contribution in [0.1, 0.15) is 26.5 Å². The van der Waals surface area contributed by atoms with Crippen LogP contribution in [0.25, 0.3) is 16.6 Å². The monoisotopic (exact) mass is 340 g/mol. The predicted molar refractivity (Wildman–Crippen MR) is 103 cm³/mol. The molecule has 0 aromatic carbocycles. The number of allylic oxidation sites excluding steroid dienone is 2. The minimum absolute atomic E-state index is 0.847. The van der Waals surface area contributed by atoms with Crippen LogP contribution in [0, 0.1) is 0 Å². The normalized spacial score (nSPS) is 16.2. The maximum absolute atomic E-state index is 5.43. The van der Waals surface area contributed by atoms with Crippen LogP contribution < -0.4 is 0 Å². The van der Waals surface area contributed by atoms with Gasteiger partial charge in [0.2, 0.25) is 0 Å². The van der Waals surface area contributed by atoms with Crippen LogP contribution in [0.2, 0.25) is 0 Å². The van der Waals surface area contributed by atoms with Gasteiger partial charge in [-0.1, -0.05) is 5.57 Å². The summed E-state index contributed by atoms with van der Waals surface area (Å²) >= 11 is 0. The number of hydrogen-bond donors (Lipinski definition) is 1. The van der Waals surface area contributed by atoms with Gasteiger partial charge >= 0.3 is 0 Å². The first-order chi connectivity index (χ1) is 12.1. The van der Waals surface area contributed by atoms with Crippen LogP contribution in [0.15, 0.2) is 42.4 Å². The van der Waals surface area contributed by atoms with Crippen LogP contribution in [0.5, 0.6) is 0 Å². The van der Waals surface area contributed by atoms with E-state index >= 15 is 0 Å². The summed E-state index contributed by atoms with van der Waals surface area (Å²) < 4.78 is 5.43. The molecule has 134 valence electrons. The number of aromatic amines is 1. The quantitative estimate of drug-likeness (QED) is 0.874. The van der Waals surface area contributed by atoms with E-state index in [4.69, 9.17) is 4.74 Å². The van der Waals surface area contributed by atoms with Crippen molar-refractivity contribution in [1.29, 1.82) is 0 Å². The number of hydrogen-bond acceptors (Lipinski definition) is 4. The lowest BCUT2D eigenvalue weighted by Gasteiger charge is -2.28. The molecule has 1 aliphatic heterocycles. The van der Waals surface area contributed by atoms with Crippen molar-refractivity contribution in [2.24, 2.45) is 0 Å². The Morgan fingerprint density at radius 2 is 2.08 bits per heavy atom. The molecule has 0 radical (unpaired) electrons. The summed E-state index contributed by atoms with van der Waals surface area (Å²) in [4.78, 5) is 12.5. The highest BCUT2D eigenvalue weighted by atomic mass is 16.5. The Kier molecular flexibility index (Phi) is 5.89. The number of nitrogens with one attached hydrogen (secondary N) is 1. The van der Waals surface area contributed by atoms with E-state index in [1.54, 1.807) is 0 Å². The first kappa shape index (κ1) is 17.7. The lowest BCUT2D eigenvalue weighted by atomic mass is 10.2. The van der Waals surface area contributed by atoms with E-state index in [1.165, 1.54) is 11.1 Å². The first-order valence-electron chi connectivity index (χ1n) is 8.95. The van der Waals surface area contributed by atoms with Gasteiger partial charge in [-0.15, -0.1) is 0 Å². The minimum Gasteiger partial charge on any atom is -0.379 e. The molecular weight excluding hydrogens is 312 g/mol. The van der Waals surface area contributed by atoms with E-state index in [1.807, 2.05) is 12.3 Å². The van der Waals surface area contributed by atoms with Gasteiger partial charge in [-0.2, -0.15) is 0 Å². The van der Waals surface area contributed by atoms with Crippen molar-refractivity contribution in [2.75, 3.05) is 39.4 Å². The fraction of sp³-hybridized carbons (Fsp3) is 0.450. The Labute approximate surface area is 150 Å². The molecule has 3 rings (SSSR count). The van der Waals surface area contributed by atoms with E-state index in [0.717, 1.165) is 56.1 Å². The zero-order valence-electron chi connectivity index (χ0n) is 15.5. The maximum Gasteiger partial charge on any atom is 0.137 e. The second-order valence-electron chi connectivity index (χ2n) is 6.83. The molecule has 3 heterocycles. The number of pyridine rings is 1. The fourth-order valence-electron chi connectivity index (χ4n) is 3.07. The standard InChI is InChI=1S/C20H28N4O/c1-16(2)14-24(8-7-23-9-11-25-12-10-23)15-17(3)19-13-18-5-4-6-21-20(18)22-19/h4-6,13-15H,7-12H2,1-3H3,(H,21,22)/b17-15+. The van der Waals surface area contributed by atoms with E-state index in [0.29, 0.717) is 0 Å². The largest absolute Gasteiger partial charge is 0.379 e. The number of fused-ring (bicyclic) bond motifs is 1. The van der Waals surface area contributed by atoms with Crippen molar-refractivity contribution in [3.63, 3.8) is 0 Å². The molecule has 1 aliphatic rings. The highest BCUT2D eigenvalue weighted by Gasteiger charge is 2.11. The molecule has 1 saturated heterocycles. The minimum atomic E-state index is 0.847. The van der Waals surface area contributed by atoms with E-state index in [9.17, 15) is 0 Å². The van der Waals surface area contributed by atoms with Crippen molar-refractivity contribution in [1.82, 2.24) is 19.8 Å². The molecule has 0 unspecified atom stereocenters. The third-order valence-corrected chi connectivity index (χ3v) is 4.38. The number of aromatic nitrogens is 2. The Morgan fingerprint density at radius 3 is 2.80 bits per heavy atom. The predicted octanol–water partition coefficient (Wildman–Crippen LogP) is 3.48. The highest BCUT2D eigenvalue weighted by Crippen LogP contribution is 2.19. The molecule has 0 saturated carbocycles. The molecule has 0 bridgehead atoms. The number of morpholine rings is 1. The van der Waals surface area contributed by atoms with E-state index < -0.39 is 0 Å². The number of H-pyrrole nitrogens is 1. The van der Waals surface area contributed by atoms with Gasteiger partial charge in [0, 0.05) is 55.9 Å². The summed E-state index contributed by atoms with van der Waals surface area (Å²) in [6.07, 6.45) is 6.25. The van der Waals surface area contributed by atoms with E-state index in [-0.39, 0.29) is 0 Å². The highest BCUT2D eigenvalue weighted by molar-refractivity contribution is 5.81. The van der Waals surface area contributed by atoms with Crippen molar-refractivity contribution in [2.45, 2.75) is 20.8 Å². The number of nitrogens with zero attached hydrogens (tertiary/aromatic N) is 3. The summed E-state index contributed by atoms with van der Waals surface area (Å²) in [5.41, 5.74) is 4.56. The van der Waals surface area contributed by atoms with E-state index in [2.05, 4.69) is 65.1 Å². The van der Waals surface area contributed by atoms with Crippen molar-refractivity contribution < 1.29 is 4.74 Å². The summed E-state index contributed by atoms with van der Waals surface area (Å²) in [5.74, 6) is 0. The maximum atomic E-state index is 5.43. The second kappa shape index (κ2) is 8.32. The van der Waals surface area contributed by atoms with Gasteiger partial charge in [0.1, 0.15) is 5.65 Å². The molecule has 0 spiro atoms. The van der Waals surface area contributed by atoms with Gasteiger partial charge in [-0.3, -0.25) is 4.90 Å². The SMILES string of the molecule is CC(C)=CN(/C=C(\C)c1cc2cccnc2[nH]1)CCN1CCOCC1. The van der Waals surface area contributed by atoms with Gasteiger partial charge in [-0.25, -0.2) is 4.98 Å². The Bertz CT molecular complexity index is 719. The second-order valence-corrected chi connectivity index (χ2v) is 6.83. The van der Waals surface area contributed by atoms with Crippen molar-refractivity contribution in [3.05, 3.63) is 48.1 Å². The van der Waals surface area contributed by atoms with Gasteiger partial charge in [0.05, 0.1) is 13.2 Å². The fourth-order valence-corrected chi connectivity index (χ4v) is 3.07. The third kappa shape index (κ3) is 4.94. The lowest BCUT2D eigenvalue weighted by Crippen LogP contribution is -2.39. The van der Waals surface area contributed by atoms with Gasteiger partial charge in [-0.05, 0) is 44.5 Å². The van der Waals surface area contributed by atoms with Crippen LogP contribution in [0.3, 0.4) is 0 Å². The molecule has 0 atom stereocenters. The van der Waals surface area contributed by atoms with Gasteiger partial charge < -0.3 is 14.6 Å². The van der Waals surface area contributed by atoms with Crippen LogP contribution in [-0.4, -0.2) is 59.2 Å². The summed E-state index contributed by atoms with van der Waals surface area (Å²) in [7, 11) is 0. The molecule has 5 nitrogen and oxygen atoms in total. The summed E-state index contributed by atoms with van der Waals surface area (Å²) in [6, 6.07) is 6.22.